The van der Waals surface area contributed by atoms with Gasteiger partial charge in [0.25, 0.3) is 0 Å². The lowest BCUT2D eigenvalue weighted by atomic mass is 9.87. The Morgan fingerprint density at radius 2 is 1.67 bits per heavy atom. The van der Waals surface area contributed by atoms with Crippen LogP contribution in [0.2, 0.25) is 0 Å². The SMILES string of the molecule is CC[C@@H](O)c1ccc(Oc2cccc(C(C)(C)C)c2)cc1. The molecule has 0 unspecified atom stereocenters. The zero-order valence-electron chi connectivity index (χ0n) is 13.3. The third-order valence-electron chi connectivity index (χ3n) is 3.59. The second kappa shape index (κ2) is 6.31. The summed E-state index contributed by atoms with van der Waals surface area (Å²) in [6.07, 6.45) is 0.316. The Balaban J connectivity index is 2.15. The van der Waals surface area contributed by atoms with Crippen LogP contribution in [0.1, 0.15) is 51.3 Å². The van der Waals surface area contributed by atoms with E-state index in [2.05, 4.69) is 32.9 Å². The van der Waals surface area contributed by atoms with Gasteiger partial charge in [-0.2, -0.15) is 0 Å². The first-order chi connectivity index (χ1) is 9.90. The number of aliphatic hydroxyl groups excluding tert-OH is 1. The summed E-state index contributed by atoms with van der Waals surface area (Å²) < 4.78 is 5.90. The van der Waals surface area contributed by atoms with Crippen LogP contribution < -0.4 is 4.74 Å². The molecule has 0 heterocycles. The van der Waals surface area contributed by atoms with Crippen molar-refractivity contribution in [2.45, 2.75) is 45.6 Å². The highest BCUT2D eigenvalue weighted by Crippen LogP contribution is 2.29. The lowest BCUT2D eigenvalue weighted by Crippen LogP contribution is -2.10. The molecular formula is C19H24O2. The highest BCUT2D eigenvalue weighted by atomic mass is 16.5. The molecule has 2 aromatic rings. The van der Waals surface area contributed by atoms with E-state index in [0.717, 1.165) is 17.1 Å². The first kappa shape index (κ1) is 15.6. The van der Waals surface area contributed by atoms with Crippen LogP contribution in [0.4, 0.5) is 0 Å². The number of ether oxygens (including phenoxy) is 1. The molecule has 0 radical (unpaired) electrons. The van der Waals surface area contributed by atoms with E-state index in [9.17, 15) is 5.11 Å². The number of hydrogen-bond acceptors (Lipinski definition) is 2. The molecule has 0 aliphatic carbocycles. The highest BCUT2D eigenvalue weighted by molar-refractivity contribution is 5.37. The maximum atomic E-state index is 9.79. The summed E-state index contributed by atoms with van der Waals surface area (Å²) in [7, 11) is 0. The van der Waals surface area contributed by atoms with Crippen molar-refractivity contribution >= 4 is 0 Å². The third-order valence-corrected chi connectivity index (χ3v) is 3.59. The van der Waals surface area contributed by atoms with E-state index in [1.165, 1.54) is 5.56 Å². The van der Waals surface area contributed by atoms with Crippen LogP contribution in [-0.4, -0.2) is 5.11 Å². The van der Waals surface area contributed by atoms with Gasteiger partial charge in [0.05, 0.1) is 6.10 Å². The largest absolute Gasteiger partial charge is 0.457 e. The van der Waals surface area contributed by atoms with E-state index in [0.29, 0.717) is 6.42 Å². The second-order valence-electron chi connectivity index (χ2n) is 6.37. The fourth-order valence-electron chi connectivity index (χ4n) is 2.16. The maximum absolute atomic E-state index is 9.79. The van der Waals surface area contributed by atoms with Crippen molar-refractivity contribution < 1.29 is 9.84 Å². The molecular weight excluding hydrogens is 260 g/mol. The summed E-state index contributed by atoms with van der Waals surface area (Å²) in [5.74, 6) is 1.62. The zero-order chi connectivity index (χ0) is 15.5. The molecule has 0 saturated carbocycles. The lowest BCUT2D eigenvalue weighted by molar-refractivity contribution is 0.173. The van der Waals surface area contributed by atoms with Crippen molar-refractivity contribution in [3.63, 3.8) is 0 Å². The predicted octanol–water partition coefficient (Wildman–Crippen LogP) is 5.22. The molecule has 0 aliphatic rings. The van der Waals surface area contributed by atoms with Crippen molar-refractivity contribution in [2.24, 2.45) is 0 Å². The minimum absolute atomic E-state index is 0.106. The summed E-state index contributed by atoms with van der Waals surface area (Å²) in [6.45, 7) is 8.53. The average molecular weight is 284 g/mol. The summed E-state index contributed by atoms with van der Waals surface area (Å²) in [5, 5.41) is 9.79. The summed E-state index contributed by atoms with van der Waals surface area (Å²) >= 11 is 0. The quantitative estimate of drug-likeness (QED) is 0.834. The van der Waals surface area contributed by atoms with Crippen molar-refractivity contribution in [2.75, 3.05) is 0 Å². The molecule has 21 heavy (non-hydrogen) atoms. The van der Waals surface area contributed by atoms with Gasteiger partial charge in [-0.3, -0.25) is 0 Å². The molecule has 2 aromatic carbocycles. The van der Waals surface area contributed by atoms with E-state index in [1.54, 1.807) is 0 Å². The highest BCUT2D eigenvalue weighted by Gasteiger charge is 2.14. The first-order valence-corrected chi connectivity index (χ1v) is 7.46. The molecule has 0 aromatic heterocycles. The zero-order valence-corrected chi connectivity index (χ0v) is 13.3. The molecule has 0 amide bonds. The number of hydrogen-bond donors (Lipinski definition) is 1. The minimum Gasteiger partial charge on any atom is -0.457 e. The number of benzene rings is 2. The van der Waals surface area contributed by atoms with Gasteiger partial charge in [-0.25, -0.2) is 0 Å². The molecule has 2 heteroatoms. The fourth-order valence-corrected chi connectivity index (χ4v) is 2.16. The topological polar surface area (TPSA) is 29.5 Å². The third kappa shape index (κ3) is 4.08. The van der Waals surface area contributed by atoms with Gasteiger partial charge >= 0.3 is 0 Å². The standard InChI is InChI=1S/C19H24O2/c1-5-18(20)14-9-11-16(12-10-14)21-17-8-6-7-15(13-17)19(2,3)4/h6-13,18,20H,5H2,1-4H3/t18-/m1/s1. The maximum Gasteiger partial charge on any atom is 0.127 e. The van der Waals surface area contributed by atoms with E-state index < -0.39 is 6.10 Å². The van der Waals surface area contributed by atoms with Gasteiger partial charge in [-0.1, -0.05) is 52.0 Å². The van der Waals surface area contributed by atoms with Crippen LogP contribution in [0.25, 0.3) is 0 Å². The monoisotopic (exact) mass is 284 g/mol. The van der Waals surface area contributed by atoms with Crippen LogP contribution in [0.5, 0.6) is 11.5 Å². The Labute approximate surface area is 127 Å². The number of aliphatic hydroxyl groups is 1. The van der Waals surface area contributed by atoms with E-state index >= 15 is 0 Å². The van der Waals surface area contributed by atoms with Gasteiger partial charge < -0.3 is 9.84 Å². The summed E-state index contributed by atoms with van der Waals surface area (Å²) in [4.78, 5) is 0. The van der Waals surface area contributed by atoms with E-state index in [1.807, 2.05) is 43.3 Å². The van der Waals surface area contributed by atoms with Crippen LogP contribution in [0, 0.1) is 0 Å². The second-order valence-corrected chi connectivity index (χ2v) is 6.37. The summed E-state index contributed by atoms with van der Waals surface area (Å²) in [6, 6.07) is 15.8. The van der Waals surface area contributed by atoms with Gasteiger partial charge in [-0.15, -0.1) is 0 Å². The molecule has 0 aliphatic heterocycles. The Kier molecular flexibility index (Phi) is 4.69. The van der Waals surface area contributed by atoms with E-state index in [-0.39, 0.29) is 5.41 Å². The smallest absolute Gasteiger partial charge is 0.127 e. The van der Waals surface area contributed by atoms with Crippen LogP contribution >= 0.6 is 0 Å². The van der Waals surface area contributed by atoms with Gasteiger partial charge in [0.2, 0.25) is 0 Å². The Hall–Kier alpha value is -1.80. The van der Waals surface area contributed by atoms with Crippen molar-refractivity contribution in [3.05, 3.63) is 59.7 Å². The molecule has 1 N–H and O–H groups in total. The molecule has 2 rings (SSSR count). The molecule has 0 saturated heterocycles. The molecule has 0 fully saturated rings. The Morgan fingerprint density at radius 3 is 2.24 bits per heavy atom. The van der Waals surface area contributed by atoms with Crippen molar-refractivity contribution in [3.8, 4) is 11.5 Å². The van der Waals surface area contributed by atoms with Gasteiger partial charge in [0.15, 0.2) is 0 Å². The van der Waals surface area contributed by atoms with Gasteiger partial charge in [-0.05, 0) is 47.2 Å². The van der Waals surface area contributed by atoms with E-state index in [4.69, 9.17) is 4.74 Å². The predicted molar refractivity (Wildman–Crippen MR) is 86.9 cm³/mol. The first-order valence-electron chi connectivity index (χ1n) is 7.46. The molecule has 0 spiro atoms. The minimum atomic E-state index is -0.400. The lowest BCUT2D eigenvalue weighted by Gasteiger charge is -2.19. The molecule has 1 atom stereocenters. The van der Waals surface area contributed by atoms with Crippen molar-refractivity contribution in [1.82, 2.24) is 0 Å². The van der Waals surface area contributed by atoms with Crippen LogP contribution in [0.3, 0.4) is 0 Å². The van der Waals surface area contributed by atoms with Crippen molar-refractivity contribution in [1.29, 1.82) is 0 Å². The Bertz CT molecular complexity index is 579. The van der Waals surface area contributed by atoms with Crippen LogP contribution in [-0.2, 0) is 5.41 Å². The van der Waals surface area contributed by atoms with Gasteiger partial charge in [0, 0.05) is 0 Å². The van der Waals surface area contributed by atoms with Crippen LogP contribution in [0.15, 0.2) is 48.5 Å². The molecule has 2 nitrogen and oxygen atoms in total. The fraction of sp³-hybridized carbons (Fsp3) is 0.368. The molecule has 112 valence electrons. The molecule has 0 bridgehead atoms. The number of rotatable bonds is 4. The Morgan fingerprint density at radius 1 is 1.00 bits per heavy atom. The van der Waals surface area contributed by atoms with Gasteiger partial charge in [0.1, 0.15) is 11.5 Å². The normalized spacial score (nSPS) is 13.0. The average Bonchev–Trinajstić information content (AvgIpc) is 2.47. The summed E-state index contributed by atoms with van der Waals surface area (Å²) in [5.41, 5.74) is 2.28.